The number of hydrogen-bond acceptors (Lipinski definition) is 4. The minimum Gasteiger partial charge on any atom is -0.443 e. The smallest absolute Gasteiger partial charge is 0.418 e. The number of carbonyl (C=O) groups excluding carboxylic acids is 1. The summed E-state index contributed by atoms with van der Waals surface area (Å²) in [6.07, 6.45) is 7.40. The van der Waals surface area contributed by atoms with Gasteiger partial charge in [-0.3, -0.25) is 4.57 Å². The first-order valence-electron chi connectivity index (χ1n) is 12.9. The van der Waals surface area contributed by atoms with Crippen molar-refractivity contribution in [1.82, 2.24) is 19.7 Å². The number of ether oxygens (including phenoxy) is 1. The van der Waals surface area contributed by atoms with Gasteiger partial charge >= 0.3 is 6.09 Å². The highest BCUT2D eigenvalue weighted by Crippen LogP contribution is 2.36. The molecule has 2 aromatic carbocycles. The number of aryl methyl sites for hydroxylation is 2. The molecular weight excluding hydrogens is 448 g/mol. The zero-order valence-corrected chi connectivity index (χ0v) is 21.9. The molecule has 1 saturated heterocycles. The molecule has 0 radical (unpaired) electrons. The molecule has 1 fully saturated rings. The number of piperidine rings is 1. The molecule has 0 aliphatic carbocycles. The zero-order chi connectivity index (χ0) is 25.4. The Hall–Kier alpha value is -3.38. The third-order valence-electron chi connectivity index (χ3n) is 7.27. The van der Waals surface area contributed by atoms with E-state index in [0.29, 0.717) is 11.8 Å². The summed E-state index contributed by atoms with van der Waals surface area (Å²) in [7, 11) is 0. The Bertz CT molecular complexity index is 1360. The number of nitrogens with zero attached hydrogens (tertiary/aromatic N) is 3. The van der Waals surface area contributed by atoms with E-state index < -0.39 is 5.60 Å². The molecular formula is C30H36N4O2. The normalized spacial score (nSPS) is 18.5. The predicted octanol–water partition coefficient (Wildman–Crippen LogP) is 6.16. The van der Waals surface area contributed by atoms with E-state index in [4.69, 9.17) is 4.74 Å². The summed E-state index contributed by atoms with van der Waals surface area (Å²) in [4.78, 5) is 12.9. The number of rotatable bonds is 4. The van der Waals surface area contributed by atoms with Crippen LogP contribution in [0.4, 0.5) is 4.79 Å². The van der Waals surface area contributed by atoms with E-state index in [1.807, 2.05) is 43.9 Å². The fourth-order valence-electron chi connectivity index (χ4n) is 5.61. The van der Waals surface area contributed by atoms with Crippen LogP contribution < -0.4 is 5.32 Å². The van der Waals surface area contributed by atoms with Gasteiger partial charge in [0.25, 0.3) is 0 Å². The first kappa shape index (κ1) is 24.3. The Kier molecular flexibility index (Phi) is 6.47. The van der Waals surface area contributed by atoms with E-state index >= 15 is 0 Å². The zero-order valence-electron chi connectivity index (χ0n) is 21.9. The second kappa shape index (κ2) is 9.58. The van der Waals surface area contributed by atoms with Crippen LogP contribution in [0.2, 0.25) is 0 Å². The van der Waals surface area contributed by atoms with Gasteiger partial charge in [0.1, 0.15) is 5.60 Å². The van der Waals surface area contributed by atoms with E-state index in [1.54, 1.807) is 10.8 Å². The number of carbonyl (C=O) groups is 1. The van der Waals surface area contributed by atoms with E-state index in [-0.39, 0.29) is 6.09 Å². The minimum atomic E-state index is -0.537. The van der Waals surface area contributed by atoms with Crippen LogP contribution in [0.1, 0.15) is 55.4 Å². The Balaban J connectivity index is 1.46. The van der Waals surface area contributed by atoms with Gasteiger partial charge in [0.2, 0.25) is 0 Å². The molecule has 6 heteroatoms. The first-order valence-corrected chi connectivity index (χ1v) is 12.9. The highest BCUT2D eigenvalue weighted by molar-refractivity contribution is 5.94. The van der Waals surface area contributed by atoms with Gasteiger partial charge in [-0.1, -0.05) is 18.2 Å². The molecule has 1 aliphatic rings. The molecule has 3 heterocycles. The first-order chi connectivity index (χ1) is 17.2. The number of benzene rings is 2. The number of nitrogens with one attached hydrogen (secondary N) is 1. The Morgan fingerprint density at radius 2 is 1.89 bits per heavy atom. The summed E-state index contributed by atoms with van der Waals surface area (Å²) >= 11 is 0. The molecule has 2 atom stereocenters. The molecule has 0 bridgehead atoms. The van der Waals surface area contributed by atoms with Gasteiger partial charge in [-0.15, -0.1) is 0 Å². The van der Waals surface area contributed by atoms with Crippen molar-refractivity contribution < 1.29 is 9.53 Å². The average molecular weight is 485 g/mol. The molecule has 0 spiro atoms. The molecule has 4 aromatic rings. The highest BCUT2D eigenvalue weighted by Gasteiger charge is 2.29. The monoisotopic (exact) mass is 484 g/mol. The number of hydrogen-bond donors (Lipinski definition) is 1. The van der Waals surface area contributed by atoms with Crippen LogP contribution in [0.5, 0.6) is 0 Å². The fourth-order valence-corrected chi connectivity index (χ4v) is 5.61. The summed E-state index contributed by atoms with van der Waals surface area (Å²) in [5.41, 5.74) is 6.57. The van der Waals surface area contributed by atoms with Crippen LogP contribution in [-0.4, -0.2) is 39.1 Å². The van der Waals surface area contributed by atoms with Crippen LogP contribution in [-0.2, 0) is 11.2 Å². The van der Waals surface area contributed by atoms with Crippen LogP contribution >= 0.6 is 0 Å². The Labute approximate surface area is 213 Å². The Morgan fingerprint density at radius 3 is 2.58 bits per heavy atom. The van der Waals surface area contributed by atoms with Crippen LogP contribution in [0.25, 0.3) is 16.6 Å². The summed E-state index contributed by atoms with van der Waals surface area (Å²) in [6, 6.07) is 15.1. The highest BCUT2D eigenvalue weighted by atomic mass is 16.6. The minimum absolute atomic E-state index is 0.326. The molecule has 2 aromatic heterocycles. The van der Waals surface area contributed by atoms with E-state index in [1.165, 1.54) is 16.7 Å². The SMILES string of the molecule is Cc1cc(C)c2c(ccn2C(=O)OC(C)(C)C)c1C[C@@H]1CCNC[C@H]1c1ccc(-n2cccn2)cc1. The standard InChI is InChI=1S/C30H36N4O2/c1-20-17-21(2)28-25(12-16-33(28)29(35)36-30(3,4)5)26(20)18-23-11-14-31-19-27(23)22-7-9-24(10-8-22)34-15-6-13-32-34/h6-10,12-13,15-17,23,27,31H,11,14,18-19H2,1-5H3/t23-,27-/m0/s1. The number of fused-ring (bicyclic) bond motifs is 1. The van der Waals surface area contributed by atoms with E-state index in [0.717, 1.165) is 48.1 Å². The summed E-state index contributed by atoms with van der Waals surface area (Å²) < 4.78 is 9.25. The second-order valence-electron chi connectivity index (χ2n) is 11.0. The molecule has 5 rings (SSSR count). The van der Waals surface area contributed by atoms with Crippen molar-refractivity contribution in [2.75, 3.05) is 13.1 Å². The van der Waals surface area contributed by atoms with Crippen molar-refractivity contribution in [3.8, 4) is 5.69 Å². The molecule has 0 unspecified atom stereocenters. The topological polar surface area (TPSA) is 61.1 Å². The van der Waals surface area contributed by atoms with Crippen molar-refractivity contribution in [2.24, 2.45) is 5.92 Å². The van der Waals surface area contributed by atoms with Gasteiger partial charge in [0, 0.05) is 30.5 Å². The summed E-state index contributed by atoms with van der Waals surface area (Å²) in [6.45, 7) is 12.0. The van der Waals surface area contributed by atoms with Crippen molar-refractivity contribution >= 4 is 17.0 Å². The van der Waals surface area contributed by atoms with E-state index in [9.17, 15) is 4.79 Å². The number of aromatic nitrogens is 3. The maximum Gasteiger partial charge on any atom is 0.418 e. The second-order valence-corrected chi connectivity index (χ2v) is 11.0. The maximum absolute atomic E-state index is 12.9. The third-order valence-corrected chi connectivity index (χ3v) is 7.27. The van der Waals surface area contributed by atoms with E-state index in [2.05, 4.69) is 60.7 Å². The van der Waals surface area contributed by atoms with Crippen molar-refractivity contribution in [1.29, 1.82) is 0 Å². The van der Waals surface area contributed by atoms with Crippen molar-refractivity contribution in [3.05, 3.63) is 83.3 Å². The summed E-state index contributed by atoms with van der Waals surface area (Å²) in [5, 5.41) is 9.12. The lowest BCUT2D eigenvalue weighted by Gasteiger charge is -2.33. The lowest BCUT2D eigenvalue weighted by Crippen LogP contribution is -2.36. The average Bonchev–Trinajstić information content (AvgIpc) is 3.52. The van der Waals surface area contributed by atoms with Gasteiger partial charge in [-0.25, -0.2) is 9.48 Å². The lowest BCUT2D eigenvalue weighted by atomic mass is 9.77. The van der Waals surface area contributed by atoms with Gasteiger partial charge < -0.3 is 10.1 Å². The molecule has 188 valence electrons. The van der Waals surface area contributed by atoms with Crippen molar-refractivity contribution in [2.45, 2.75) is 59.0 Å². The van der Waals surface area contributed by atoms with Gasteiger partial charge in [0.05, 0.1) is 11.2 Å². The third kappa shape index (κ3) is 4.82. The van der Waals surface area contributed by atoms with Crippen LogP contribution in [0.3, 0.4) is 0 Å². The quantitative estimate of drug-likeness (QED) is 0.377. The van der Waals surface area contributed by atoms with Gasteiger partial charge in [-0.05, 0) is 112 Å². The van der Waals surface area contributed by atoms with Crippen LogP contribution in [0.15, 0.2) is 61.1 Å². The summed E-state index contributed by atoms with van der Waals surface area (Å²) in [5.74, 6) is 0.936. The predicted molar refractivity (Wildman–Crippen MR) is 144 cm³/mol. The molecule has 1 aliphatic heterocycles. The molecule has 0 saturated carbocycles. The maximum atomic E-state index is 12.9. The Morgan fingerprint density at radius 1 is 1.11 bits per heavy atom. The molecule has 6 nitrogen and oxygen atoms in total. The van der Waals surface area contributed by atoms with Crippen molar-refractivity contribution in [3.63, 3.8) is 0 Å². The lowest BCUT2D eigenvalue weighted by molar-refractivity contribution is 0.0544. The van der Waals surface area contributed by atoms with Crippen LogP contribution in [0, 0.1) is 19.8 Å². The van der Waals surface area contributed by atoms with Gasteiger partial charge in [0.15, 0.2) is 0 Å². The van der Waals surface area contributed by atoms with Gasteiger partial charge in [-0.2, -0.15) is 5.10 Å². The largest absolute Gasteiger partial charge is 0.443 e. The fraction of sp³-hybridized carbons (Fsp3) is 0.400. The molecule has 36 heavy (non-hydrogen) atoms. The molecule has 1 N–H and O–H groups in total. The molecule has 0 amide bonds.